The summed E-state index contributed by atoms with van der Waals surface area (Å²) in [6, 6.07) is 8.58. The highest BCUT2D eigenvalue weighted by Gasteiger charge is 2.20. The molecule has 0 aliphatic rings. The molecule has 33 heavy (non-hydrogen) atoms. The number of halogens is 2. The van der Waals surface area contributed by atoms with E-state index >= 15 is 0 Å². The van der Waals surface area contributed by atoms with Crippen LogP contribution in [0.4, 0.5) is 0 Å². The molecule has 0 amide bonds. The molecule has 174 valence electrons. The molecule has 0 aliphatic carbocycles. The number of esters is 1. The summed E-state index contributed by atoms with van der Waals surface area (Å²) in [6.45, 7) is 5.42. The van der Waals surface area contributed by atoms with Crippen LogP contribution in [0, 0.1) is 0 Å². The molecule has 0 saturated heterocycles. The molecule has 0 unspecified atom stereocenters. The smallest absolute Gasteiger partial charge is 0.347 e. The first kappa shape index (κ1) is 24.7. The molecule has 3 aromatic rings. The van der Waals surface area contributed by atoms with E-state index in [0.717, 1.165) is 4.47 Å². The molecule has 0 spiro atoms. The maximum absolute atomic E-state index is 13.0. The number of fused-ring (bicyclic) bond motifs is 1. The van der Waals surface area contributed by atoms with Crippen molar-refractivity contribution in [3.8, 4) is 11.5 Å². The molecule has 0 N–H and O–H groups in total. The van der Waals surface area contributed by atoms with Crippen LogP contribution < -0.4 is 15.0 Å². The number of carbonyl (C=O) groups excluding carboxylic acids is 1. The molecule has 10 heteroatoms. The molecule has 0 aliphatic heterocycles. The number of rotatable bonds is 8. The van der Waals surface area contributed by atoms with Gasteiger partial charge in [0.25, 0.3) is 5.56 Å². The SMILES string of the molecule is CCOC(=O)[C@H](C)Oc1c(Cl)cc(C=Nn2c(CC)nc3ccc(Br)cc3c2=O)cc1OC. The van der Waals surface area contributed by atoms with Gasteiger partial charge >= 0.3 is 5.97 Å². The number of ether oxygens (including phenoxy) is 3. The second-order valence-electron chi connectivity index (χ2n) is 6.95. The van der Waals surface area contributed by atoms with E-state index in [-0.39, 0.29) is 22.9 Å². The number of hydrogen-bond acceptors (Lipinski definition) is 7. The van der Waals surface area contributed by atoms with Crippen molar-refractivity contribution in [2.75, 3.05) is 13.7 Å². The summed E-state index contributed by atoms with van der Waals surface area (Å²) < 4.78 is 18.1. The normalized spacial score (nSPS) is 12.2. The summed E-state index contributed by atoms with van der Waals surface area (Å²) in [5.41, 5.74) is 0.889. The number of benzene rings is 2. The first-order chi connectivity index (χ1) is 15.8. The highest BCUT2D eigenvalue weighted by Crippen LogP contribution is 2.37. The van der Waals surface area contributed by atoms with E-state index in [0.29, 0.717) is 34.5 Å². The standard InChI is InChI=1S/C23H23BrClN3O5/c1-5-20-27-18-8-7-15(24)11-16(18)22(29)28(20)26-12-14-9-17(25)21(19(10-14)31-4)33-13(3)23(30)32-6-2/h7-13H,5-6H2,1-4H3/t13-/m0/s1. The largest absolute Gasteiger partial charge is 0.493 e. The molecule has 1 atom stereocenters. The number of methoxy groups -OCH3 is 1. The number of hydrogen-bond donors (Lipinski definition) is 0. The zero-order chi connectivity index (χ0) is 24.1. The maximum atomic E-state index is 13.0. The maximum Gasteiger partial charge on any atom is 0.347 e. The van der Waals surface area contributed by atoms with Crippen LogP contribution in [-0.2, 0) is 16.0 Å². The van der Waals surface area contributed by atoms with E-state index in [1.54, 1.807) is 38.1 Å². The first-order valence-electron chi connectivity index (χ1n) is 10.2. The molecule has 0 fully saturated rings. The Morgan fingerprint density at radius 1 is 1.30 bits per heavy atom. The molecule has 1 aromatic heterocycles. The molecule has 8 nitrogen and oxygen atoms in total. The topological polar surface area (TPSA) is 92.0 Å². The second-order valence-corrected chi connectivity index (χ2v) is 8.27. The fraction of sp³-hybridized carbons (Fsp3) is 0.304. The van der Waals surface area contributed by atoms with Gasteiger partial charge in [-0.3, -0.25) is 4.79 Å². The Morgan fingerprint density at radius 3 is 2.73 bits per heavy atom. The molecular weight excluding hydrogens is 514 g/mol. The van der Waals surface area contributed by atoms with Crippen molar-refractivity contribution in [1.82, 2.24) is 9.66 Å². The number of carbonyl (C=O) groups is 1. The van der Waals surface area contributed by atoms with E-state index in [4.69, 9.17) is 25.8 Å². The summed E-state index contributed by atoms with van der Waals surface area (Å²) in [5.74, 6) is 0.528. The number of aryl methyl sites for hydroxylation is 1. The monoisotopic (exact) mass is 535 g/mol. The Labute approximate surface area is 204 Å². The van der Waals surface area contributed by atoms with Crippen LogP contribution in [0.1, 0.15) is 32.2 Å². The second kappa shape index (κ2) is 10.8. The average molecular weight is 537 g/mol. The molecule has 0 radical (unpaired) electrons. The van der Waals surface area contributed by atoms with E-state index in [1.807, 2.05) is 13.0 Å². The summed E-state index contributed by atoms with van der Waals surface area (Å²) in [7, 11) is 1.46. The Kier molecular flexibility index (Phi) is 8.10. The lowest BCUT2D eigenvalue weighted by Gasteiger charge is -2.17. The number of aromatic nitrogens is 2. The van der Waals surface area contributed by atoms with Crippen molar-refractivity contribution in [3.05, 3.63) is 61.6 Å². The van der Waals surface area contributed by atoms with Crippen molar-refractivity contribution >= 4 is 50.6 Å². The van der Waals surface area contributed by atoms with E-state index in [2.05, 4.69) is 26.0 Å². The van der Waals surface area contributed by atoms with Gasteiger partial charge in [-0.25, -0.2) is 9.78 Å². The van der Waals surface area contributed by atoms with Crippen LogP contribution in [0.5, 0.6) is 11.5 Å². The minimum Gasteiger partial charge on any atom is -0.493 e. The van der Waals surface area contributed by atoms with Crippen molar-refractivity contribution in [3.63, 3.8) is 0 Å². The van der Waals surface area contributed by atoms with Crippen LogP contribution in [-0.4, -0.2) is 41.7 Å². The molecule has 0 bridgehead atoms. The molecule has 1 heterocycles. The van der Waals surface area contributed by atoms with Crippen molar-refractivity contribution in [2.24, 2.45) is 5.10 Å². The van der Waals surface area contributed by atoms with Gasteiger partial charge in [-0.15, -0.1) is 0 Å². The third kappa shape index (κ3) is 5.54. The Hall–Kier alpha value is -2.91. The van der Waals surface area contributed by atoms with Crippen LogP contribution >= 0.6 is 27.5 Å². The van der Waals surface area contributed by atoms with Crippen molar-refractivity contribution < 1.29 is 19.0 Å². The summed E-state index contributed by atoms with van der Waals surface area (Å²) >= 11 is 9.79. The zero-order valence-electron chi connectivity index (χ0n) is 18.6. The van der Waals surface area contributed by atoms with Crippen LogP contribution in [0.2, 0.25) is 5.02 Å². The van der Waals surface area contributed by atoms with E-state index < -0.39 is 12.1 Å². The lowest BCUT2D eigenvalue weighted by Crippen LogP contribution is -2.26. The number of nitrogens with zero attached hydrogens (tertiary/aromatic N) is 3. The predicted octanol–water partition coefficient (Wildman–Crippen LogP) is 4.60. The summed E-state index contributed by atoms with van der Waals surface area (Å²) in [6.07, 6.45) is 1.13. The molecular formula is C23H23BrClN3O5. The van der Waals surface area contributed by atoms with E-state index in [9.17, 15) is 9.59 Å². The Morgan fingerprint density at radius 2 is 2.06 bits per heavy atom. The van der Waals surface area contributed by atoms with E-state index in [1.165, 1.54) is 18.0 Å². The minimum absolute atomic E-state index is 0.209. The lowest BCUT2D eigenvalue weighted by molar-refractivity contribution is -0.150. The summed E-state index contributed by atoms with van der Waals surface area (Å²) in [4.78, 5) is 29.5. The van der Waals surface area contributed by atoms with Gasteiger partial charge in [0.2, 0.25) is 0 Å². The fourth-order valence-corrected chi connectivity index (χ4v) is 3.71. The van der Waals surface area contributed by atoms with Crippen LogP contribution in [0.25, 0.3) is 10.9 Å². The van der Waals surface area contributed by atoms with Gasteiger partial charge < -0.3 is 14.2 Å². The van der Waals surface area contributed by atoms with Gasteiger partial charge in [0.15, 0.2) is 17.6 Å². The fourth-order valence-electron chi connectivity index (χ4n) is 3.08. The van der Waals surface area contributed by atoms with Crippen LogP contribution in [0.15, 0.2) is 44.7 Å². The minimum atomic E-state index is -0.871. The molecule has 3 rings (SSSR count). The zero-order valence-corrected chi connectivity index (χ0v) is 20.9. The average Bonchev–Trinajstić information content (AvgIpc) is 2.80. The van der Waals surface area contributed by atoms with Gasteiger partial charge in [-0.2, -0.15) is 9.78 Å². The highest BCUT2D eigenvalue weighted by molar-refractivity contribution is 9.10. The van der Waals surface area contributed by atoms with Gasteiger partial charge in [0.05, 0.1) is 35.9 Å². The van der Waals surface area contributed by atoms with Crippen LogP contribution in [0.3, 0.4) is 0 Å². The third-order valence-corrected chi connectivity index (χ3v) is 5.45. The van der Waals surface area contributed by atoms with Gasteiger partial charge in [0.1, 0.15) is 5.82 Å². The Bertz CT molecular complexity index is 1280. The quantitative estimate of drug-likeness (QED) is 0.309. The Balaban J connectivity index is 1.98. The van der Waals surface area contributed by atoms with Gasteiger partial charge in [-0.1, -0.05) is 34.5 Å². The predicted molar refractivity (Wildman–Crippen MR) is 131 cm³/mol. The third-order valence-electron chi connectivity index (χ3n) is 4.68. The lowest BCUT2D eigenvalue weighted by atomic mass is 10.2. The summed E-state index contributed by atoms with van der Waals surface area (Å²) in [5, 5.41) is 5.03. The molecule has 0 saturated carbocycles. The molecule has 2 aromatic carbocycles. The van der Waals surface area contributed by atoms with Gasteiger partial charge in [-0.05, 0) is 49.7 Å². The van der Waals surface area contributed by atoms with Crippen molar-refractivity contribution in [1.29, 1.82) is 0 Å². The highest BCUT2D eigenvalue weighted by atomic mass is 79.9. The first-order valence-corrected chi connectivity index (χ1v) is 11.4. The van der Waals surface area contributed by atoms with Gasteiger partial charge in [0, 0.05) is 10.9 Å². The van der Waals surface area contributed by atoms with Crippen molar-refractivity contribution in [2.45, 2.75) is 33.3 Å².